The second-order valence-electron chi connectivity index (χ2n) is 7.55. The molecular formula is C22H20ClN5. The van der Waals surface area contributed by atoms with Crippen LogP contribution in [-0.2, 0) is 5.41 Å². The molecule has 0 aliphatic rings. The first-order valence-electron chi connectivity index (χ1n) is 9.04. The van der Waals surface area contributed by atoms with Gasteiger partial charge in [0.05, 0.1) is 16.6 Å². The zero-order valence-electron chi connectivity index (χ0n) is 15.9. The van der Waals surface area contributed by atoms with Crippen LogP contribution >= 0.6 is 11.6 Å². The number of benzene rings is 2. The maximum absolute atomic E-state index is 6.19. The highest BCUT2D eigenvalue weighted by Crippen LogP contribution is 2.34. The molecule has 5 nitrogen and oxygen atoms in total. The van der Waals surface area contributed by atoms with E-state index in [0.29, 0.717) is 11.8 Å². The third kappa shape index (κ3) is 3.66. The number of hydrogen-bond acceptors (Lipinski definition) is 5. The minimum atomic E-state index is -0.0834. The van der Waals surface area contributed by atoms with Crippen LogP contribution in [0.4, 0.5) is 11.8 Å². The SMILES string of the molecule is CC(C)(C)c1ccnc(Nc2nc(Cl)nc3cccc(-c4ccccc4)c23)n1. The number of hydrogen-bond donors (Lipinski definition) is 1. The average molecular weight is 390 g/mol. The highest BCUT2D eigenvalue weighted by Gasteiger charge is 2.17. The standard InChI is InChI=1S/C22H20ClN5/c1-22(2,3)17-12-13-24-21(26-17)28-19-18-15(14-8-5-4-6-9-14)10-7-11-16(18)25-20(23)27-19/h4-13H,1-3H3,(H,24,25,26,27,28). The van der Waals surface area contributed by atoms with E-state index in [9.17, 15) is 0 Å². The molecule has 0 amide bonds. The van der Waals surface area contributed by atoms with Crippen LogP contribution in [0.2, 0.25) is 5.28 Å². The fourth-order valence-electron chi connectivity index (χ4n) is 3.05. The Hall–Kier alpha value is -3.05. The van der Waals surface area contributed by atoms with Crippen molar-refractivity contribution in [1.29, 1.82) is 0 Å². The topological polar surface area (TPSA) is 63.6 Å². The molecule has 1 N–H and O–H groups in total. The van der Waals surface area contributed by atoms with E-state index < -0.39 is 0 Å². The summed E-state index contributed by atoms with van der Waals surface area (Å²) in [4.78, 5) is 17.8. The monoisotopic (exact) mass is 389 g/mol. The van der Waals surface area contributed by atoms with Crippen LogP contribution in [0.25, 0.3) is 22.0 Å². The molecule has 6 heteroatoms. The average Bonchev–Trinajstić information content (AvgIpc) is 2.67. The predicted molar refractivity (Wildman–Crippen MR) is 114 cm³/mol. The molecule has 0 saturated carbocycles. The molecule has 0 aliphatic carbocycles. The molecule has 0 radical (unpaired) electrons. The molecule has 0 fully saturated rings. The minimum absolute atomic E-state index is 0.0834. The molecule has 2 aromatic carbocycles. The summed E-state index contributed by atoms with van der Waals surface area (Å²) in [7, 11) is 0. The first-order valence-corrected chi connectivity index (χ1v) is 9.42. The summed E-state index contributed by atoms with van der Waals surface area (Å²) in [5.74, 6) is 1.06. The first-order chi connectivity index (χ1) is 13.4. The van der Waals surface area contributed by atoms with Gasteiger partial charge in [0.15, 0.2) is 0 Å². The zero-order chi connectivity index (χ0) is 19.7. The van der Waals surface area contributed by atoms with E-state index in [2.05, 4.69) is 58.2 Å². The van der Waals surface area contributed by atoms with Gasteiger partial charge >= 0.3 is 0 Å². The van der Waals surface area contributed by atoms with Crippen molar-refractivity contribution in [2.24, 2.45) is 0 Å². The fourth-order valence-corrected chi connectivity index (χ4v) is 3.22. The van der Waals surface area contributed by atoms with Crippen LogP contribution in [0.5, 0.6) is 0 Å². The predicted octanol–water partition coefficient (Wildman–Crippen LogP) is 5.78. The second-order valence-corrected chi connectivity index (χ2v) is 7.89. The Labute approximate surface area is 168 Å². The Morgan fingerprint density at radius 3 is 2.39 bits per heavy atom. The lowest BCUT2D eigenvalue weighted by Crippen LogP contribution is -2.15. The van der Waals surface area contributed by atoms with Gasteiger partial charge in [-0.3, -0.25) is 0 Å². The van der Waals surface area contributed by atoms with Gasteiger partial charge in [0.1, 0.15) is 5.82 Å². The molecule has 0 bridgehead atoms. The largest absolute Gasteiger partial charge is 0.308 e. The molecule has 0 atom stereocenters. The molecule has 140 valence electrons. The number of anilines is 2. The Morgan fingerprint density at radius 2 is 1.64 bits per heavy atom. The maximum atomic E-state index is 6.19. The normalized spacial score (nSPS) is 11.6. The van der Waals surface area contributed by atoms with Gasteiger partial charge in [-0.05, 0) is 34.9 Å². The Morgan fingerprint density at radius 1 is 0.857 bits per heavy atom. The van der Waals surface area contributed by atoms with Gasteiger partial charge in [0, 0.05) is 11.6 Å². The van der Waals surface area contributed by atoms with Crippen molar-refractivity contribution < 1.29 is 0 Å². The summed E-state index contributed by atoms with van der Waals surface area (Å²) in [6.07, 6.45) is 1.75. The smallest absolute Gasteiger partial charge is 0.228 e. The summed E-state index contributed by atoms with van der Waals surface area (Å²) in [6, 6.07) is 18.0. The second kappa shape index (κ2) is 7.17. The summed E-state index contributed by atoms with van der Waals surface area (Å²) in [6.45, 7) is 6.34. The van der Waals surface area contributed by atoms with Gasteiger partial charge in [-0.2, -0.15) is 4.98 Å². The molecule has 2 aromatic heterocycles. The van der Waals surface area contributed by atoms with Crippen molar-refractivity contribution in [3.05, 3.63) is 71.8 Å². The fraction of sp³-hybridized carbons (Fsp3) is 0.182. The number of nitrogens with one attached hydrogen (secondary N) is 1. The molecule has 4 rings (SSSR count). The quantitative estimate of drug-likeness (QED) is 0.450. The van der Waals surface area contributed by atoms with Crippen molar-refractivity contribution in [2.45, 2.75) is 26.2 Å². The van der Waals surface area contributed by atoms with E-state index in [1.54, 1.807) is 6.20 Å². The molecule has 4 aromatic rings. The number of rotatable bonds is 3. The summed E-state index contributed by atoms with van der Waals surface area (Å²) >= 11 is 6.19. The van der Waals surface area contributed by atoms with Crippen LogP contribution in [0.15, 0.2) is 60.8 Å². The Bertz CT molecular complexity index is 1140. The Balaban J connectivity index is 1.88. The van der Waals surface area contributed by atoms with Gasteiger partial charge in [0.2, 0.25) is 11.2 Å². The third-order valence-corrected chi connectivity index (χ3v) is 4.60. The Kier molecular flexibility index (Phi) is 4.69. The highest BCUT2D eigenvalue weighted by atomic mass is 35.5. The van der Waals surface area contributed by atoms with E-state index in [0.717, 1.165) is 27.7 Å². The number of nitrogens with zero attached hydrogens (tertiary/aromatic N) is 4. The summed E-state index contributed by atoms with van der Waals surface area (Å²) in [5, 5.41) is 4.30. The maximum Gasteiger partial charge on any atom is 0.228 e. The first kappa shape index (κ1) is 18.3. The molecule has 0 aliphatic heterocycles. The molecule has 0 spiro atoms. The van der Waals surface area contributed by atoms with Gasteiger partial charge in [-0.1, -0.05) is 63.2 Å². The van der Waals surface area contributed by atoms with Crippen molar-refractivity contribution in [3.63, 3.8) is 0 Å². The minimum Gasteiger partial charge on any atom is -0.308 e. The lowest BCUT2D eigenvalue weighted by atomic mass is 9.92. The molecule has 0 unspecified atom stereocenters. The van der Waals surface area contributed by atoms with E-state index in [4.69, 9.17) is 11.6 Å². The molecule has 0 saturated heterocycles. The lowest BCUT2D eigenvalue weighted by molar-refractivity contribution is 0.568. The van der Waals surface area contributed by atoms with Crippen LogP contribution < -0.4 is 5.32 Å². The van der Waals surface area contributed by atoms with Crippen LogP contribution in [-0.4, -0.2) is 19.9 Å². The summed E-state index contributed by atoms with van der Waals surface area (Å²) in [5.41, 5.74) is 3.71. The van der Waals surface area contributed by atoms with Crippen LogP contribution in [0, 0.1) is 0 Å². The number of fused-ring (bicyclic) bond motifs is 1. The van der Waals surface area contributed by atoms with Gasteiger partial charge < -0.3 is 5.32 Å². The van der Waals surface area contributed by atoms with Crippen molar-refractivity contribution in [3.8, 4) is 11.1 Å². The molecular weight excluding hydrogens is 370 g/mol. The van der Waals surface area contributed by atoms with Crippen LogP contribution in [0.1, 0.15) is 26.5 Å². The lowest BCUT2D eigenvalue weighted by Gasteiger charge is -2.18. The van der Waals surface area contributed by atoms with Crippen molar-refractivity contribution in [1.82, 2.24) is 19.9 Å². The highest BCUT2D eigenvalue weighted by molar-refractivity contribution is 6.29. The van der Waals surface area contributed by atoms with Gasteiger partial charge in [-0.25, -0.2) is 15.0 Å². The van der Waals surface area contributed by atoms with Gasteiger partial charge in [0.25, 0.3) is 0 Å². The molecule has 2 heterocycles. The van der Waals surface area contributed by atoms with E-state index >= 15 is 0 Å². The third-order valence-electron chi connectivity index (χ3n) is 4.44. The van der Waals surface area contributed by atoms with Crippen molar-refractivity contribution in [2.75, 3.05) is 5.32 Å². The number of halogens is 1. The van der Waals surface area contributed by atoms with Crippen molar-refractivity contribution >= 4 is 34.3 Å². The zero-order valence-corrected chi connectivity index (χ0v) is 16.7. The number of aromatic nitrogens is 4. The van der Waals surface area contributed by atoms with Crippen LogP contribution in [0.3, 0.4) is 0 Å². The van der Waals surface area contributed by atoms with E-state index in [-0.39, 0.29) is 10.7 Å². The van der Waals surface area contributed by atoms with E-state index in [1.807, 2.05) is 42.5 Å². The van der Waals surface area contributed by atoms with E-state index in [1.165, 1.54) is 0 Å². The molecule has 28 heavy (non-hydrogen) atoms. The summed E-state index contributed by atoms with van der Waals surface area (Å²) < 4.78 is 0. The van der Waals surface area contributed by atoms with Gasteiger partial charge in [-0.15, -0.1) is 0 Å².